The molecule has 0 aliphatic heterocycles. The Labute approximate surface area is 93.2 Å². The summed E-state index contributed by atoms with van der Waals surface area (Å²) in [5.74, 6) is -2.36. The minimum absolute atomic E-state index is 0.00909. The first-order valence-electron chi connectivity index (χ1n) is 5.02. The first-order valence-corrected chi connectivity index (χ1v) is 5.02. The van der Waals surface area contributed by atoms with E-state index in [1.165, 1.54) is 6.92 Å². The van der Waals surface area contributed by atoms with E-state index in [9.17, 15) is 14.4 Å². The molecule has 0 saturated carbocycles. The topological polar surface area (TPSA) is 101 Å². The highest BCUT2D eigenvalue weighted by Crippen LogP contribution is 2.11. The lowest BCUT2D eigenvalue weighted by Gasteiger charge is -2.15. The van der Waals surface area contributed by atoms with Crippen molar-refractivity contribution in [2.45, 2.75) is 45.1 Å². The van der Waals surface area contributed by atoms with Gasteiger partial charge in [0.15, 0.2) is 0 Å². The summed E-state index contributed by atoms with van der Waals surface area (Å²) < 4.78 is 4.89. The van der Waals surface area contributed by atoms with Crippen LogP contribution in [-0.2, 0) is 19.1 Å². The van der Waals surface area contributed by atoms with E-state index in [2.05, 4.69) is 0 Å². The van der Waals surface area contributed by atoms with Crippen LogP contribution in [0.4, 0.5) is 0 Å². The number of carbonyl (C=O) groups is 3. The zero-order valence-electron chi connectivity index (χ0n) is 9.14. The molecule has 0 spiro atoms. The molecular weight excluding hydrogens is 216 g/mol. The average Bonchev–Trinajstić information content (AvgIpc) is 2.12. The Balaban J connectivity index is 3.94. The summed E-state index contributed by atoms with van der Waals surface area (Å²) in [6.07, 6.45) is 0.351. The summed E-state index contributed by atoms with van der Waals surface area (Å²) in [6, 6.07) is 0. The number of carboxylic acid groups (broad SMARTS) is 2. The maximum absolute atomic E-state index is 10.7. The molecule has 0 aromatic heterocycles. The number of carboxylic acids is 2. The molecule has 0 aromatic carbocycles. The molecule has 0 saturated heterocycles. The van der Waals surface area contributed by atoms with Crippen LogP contribution in [0.5, 0.6) is 0 Å². The normalized spacial score (nSPS) is 11.8. The Morgan fingerprint density at radius 2 is 1.62 bits per heavy atom. The second kappa shape index (κ2) is 7.67. The third kappa shape index (κ3) is 8.98. The van der Waals surface area contributed by atoms with Crippen LogP contribution in [0, 0.1) is 0 Å². The molecule has 0 aliphatic carbocycles. The fourth-order valence-electron chi connectivity index (χ4n) is 1.26. The smallest absolute Gasteiger partial charge is 0.303 e. The van der Waals surface area contributed by atoms with Gasteiger partial charge in [-0.15, -0.1) is 0 Å². The molecule has 0 fully saturated rings. The lowest BCUT2D eigenvalue weighted by Crippen LogP contribution is -2.18. The molecule has 1 unspecified atom stereocenters. The third-order valence-electron chi connectivity index (χ3n) is 1.93. The molecule has 2 N–H and O–H groups in total. The molecule has 0 radical (unpaired) electrons. The number of hydrogen-bond donors (Lipinski definition) is 2. The van der Waals surface area contributed by atoms with Crippen molar-refractivity contribution in [2.24, 2.45) is 0 Å². The SMILES string of the molecule is CC(=O)OC(CCCC(=O)O)CCC(=O)O. The lowest BCUT2D eigenvalue weighted by molar-refractivity contribution is -0.149. The number of esters is 1. The van der Waals surface area contributed by atoms with Crippen molar-refractivity contribution in [1.29, 1.82) is 0 Å². The van der Waals surface area contributed by atoms with Gasteiger partial charge in [0, 0.05) is 19.8 Å². The molecule has 6 heteroatoms. The minimum Gasteiger partial charge on any atom is -0.481 e. The zero-order chi connectivity index (χ0) is 12.6. The Morgan fingerprint density at radius 1 is 1.06 bits per heavy atom. The van der Waals surface area contributed by atoms with Gasteiger partial charge in [-0.2, -0.15) is 0 Å². The first-order chi connectivity index (χ1) is 7.41. The molecule has 16 heavy (non-hydrogen) atoms. The largest absolute Gasteiger partial charge is 0.481 e. The maximum Gasteiger partial charge on any atom is 0.303 e. The van der Waals surface area contributed by atoms with E-state index in [1.54, 1.807) is 0 Å². The zero-order valence-corrected chi connectivity index (χ0v) is 9.14. The molecule has 0 amide bonds. The van der Waals surface area contributed by atoms with E-state index < -0.39 is 24.0 Å². The van der Waals surface area contributed by atoms with E-state index in [1.807, 2.05) is 0 Å². The van der Waals surface area contributed by atoms with Gasteiger partial charge in [-0.05, 0) is 19.3 Å². The highest BCUT2D eigenvalue weighted by Gasteiger charge is 2.14. The summed E-state index contributed by atoms with van der Waals surface area (Å²) in [5, 5.41) is 16.9. The van der Waals surface area contributed by atoms with Gasteiger partial charge < -0.3 is 14.9 Å². The molecule has 92 valence electrons. The minimum atomic E-state index is -0.963. The van der Waals surface area contributed by atoms with E-state index in [0.29, 0.717) is 12.8 Å². The van der Waals surface area contributed by atoms with E-state index in [0.717, 1.165) is 0 Å². The Kier molecular flexibility index (Phi) is 6.91. The van der Waals surface area contributed by atoms with Crippen LogP contribution in [0.1, 0.15) is 39.0 Å². The Hall–Kier alpha value is -1.59. The van der Waals surface area contributed by atoms with Gasteiger partial charge in [0.05, 0.1) is 0 Å². The number of hydrogen-bond acceptors (Lipinski definition) is 4. The second-order valence-corrected chi connectivity index (χ2v) is 3.45. The number of aliphatic carboxylic acids is 2. The Bertz CT molecular complexity index is 260. The molecule has 0 heterocycles. The van der Waals surface area contributed by atoms with Crippen LogP contribution in [0.25, 0.3) is 0 Å². The number of ether oxygens (including phenoxy) is 1. The van der Waals surface area contributed by atoms with Crippen LogP contribution in [0.3, 0.4) is 0 Å². The number of rotatable bonds is 8. The van der Waals surface area contributed by atoms with Crippen molar-refractivity contribution >= 4 is 17.9 Å². The van der Waals surface area contributed by atoms with Crippen molar-refractivity contribution in [3.8, 4) is 0 Å². The highest BCUT2D eigenvalue weighted by atomic mass is 16.5. The van der Waals surface area contributed by atoms with Crippen LogP contribution in [-0.4, -0.2) is 34.2 Å². The van der Waals surface area contributed by atoms with Gasteiger partial charge in [0.2, 0.25) is 0 Å². The molecular formula is C10H16O6. The van der Waals surface area contributed by atoms with Crippen molar-refractivity contribution < 1.29 is 29.3 Å². The highest BCUT2D eigenvalue weighted by molar-refractivity contribution is 5.68. The van der Waals surface area contributed by atoms with Gasteiger partial charge in [-0.1, -0.05) is 0 Å². The molecule has 1 atom stereocenters. The fraction of sp³-hybridized carbons (Fsp3) is 0.700. The fourth-order valence-corrected chi connectivity index (χ4v) is 1.26. The maximum atomic E-state index is 10.7. The molecule has 0 aromatic rings. The summed E-state index contributed by atoms with van der Waals surface area (Å²) in [7, 11) is 0. The lowest BCUT2D eigenvalue weighted by atomic mass is 10.1. The van der Waals surface area contributed by atoms with E-state index in [-0.39, 0.29) is 19.3 Å². The van der Waals surface area contributed by atoms with Gasteiger partial charge >= 0.3 is 17.9 Å². The van der Waals surface area contributed by atoms with Crippen LogP contribution < -0.4 is 0 Å². The van der Waals surface area contributed by atoms with Crippen molar-refractivity contribution in [3.05, 3.63) is 0 Å². The second-order valence-electron chi connectivity index (χ2n) is 3.45. The van der Waals surface area contributed by atoms with Crippen molar-refractivity contribution in [1.82, 2.24) is 0 Å². The predicted molar refractivity (Wildman–Crippen MR) is 53.9 cm³/mol. The van der Waals surface area contributed by atoms with E-state index in [4.69, 9.17) is 14.9 Å². The van der Waals surface area contributed by atoms with E-state index >= 15 is 0 Å². The summed E-state index contributed by atoms with van der Waals surface area (Å²) in [6.45, 7) is 1.24. The average molecular weight is 232 g/mol. The summed E-state index contributed by atoms with van der Waals surface area (Å²) in [4.78, 5) is 31.3. The molecule has 6 nitrogen and oxygen atoms in total. The third-order valence-corrected chi connectivity index (χ3v) is 1.93. The standard InChI is InChI=1S/C10H16O6/c1-7(11)16-8(5-6-10(14)15)3-2-4-9(12)13/h8H,2-6H2,1H3,(H,12,13)(H,14,15). The summed E-state index contributed by atoms with van der Waals surface area (Å²) in [5.41, 5.74) is 0. The van der Waals surface area contributed by atoms with Crippen LogP contribution in [0.15, 0.2) is 0 Å². The van der Waals surface area contributed by atoms with Gasteiger partial charge in [0.25, 0.3) is 0 Å². The van der Waals surface area contributed by atoms with Gasteiger partial charge in [0.1, 0.15) is 6.10 Å². The van der Waals surface area contributed by atoms with Crippen LogP contribution in [0.2, 0.25) is 0 Å². The van der Waals surface area contributed by atoms with Crippen molar-refractivity contribution in [2.75, 3.05) is 0 Å². The first kappa shape index (κ1) is 14.4. The molecule has 0 aliphatic rings. The van der Waals surface area contributed by atoms with Crippen LogP contribution >= 0.6 is 0 Å². The predicted octanol–water partition coefficient (Wildman–Crippen LogP) is 1.04. The number of carbonyl (C=O) groups excluding carboxylic acids is 1. The molecule has 0 bridgehead atoms. The molecule has 0 rings (SSSR count). The van der Waals surface area contributed by atoms with Gasteiger partial charge in [-0.25, -0.2) is 0 Å². The van der Waals surface area contributed by atoms with Gasteiger partial charge in [-0.3, -0.25) is 14.4 Å². The Morgan fingerprint density at radius 3 is 2.06 bits per heavy atom. The van der Waals surface area contributed by atoms with Crippen molar-refractivity contribution in [3.63, 3.8) is 0 Å². The quantitative estimate of drug-likeness (QED) is 0.606. The summed E-state index contributed by atoms with van der Waals surface area (Å²) >= 11 is 0. The monoisotopic (exact) mass is 232 g/mol.